The number of nitrogens with zero attached hydrogens (tertiary/aromatic N) is 1. The fraction of sp³-hybridized carbons (Fsp3) is 0.586. The van der Waals surface area contributed by atoms with Gasteiger partial charge in [-0.25, -0.2) is 0 Å². The molecule has 1 heterocycles. The summed E-state index contributed by atoms with van der Waals surface area (Å²) in [6.07, 6.45) is 10.6. The Morgan fingerprint density at radius 2 is 1.55 bits per heavy atom. The molecule has 4 heteroatoms. The van der Waals surface area contributed by atoms with Crippen LogP contribution in [-0.4, -0.2) is 36.2 Å². The fourth-order valence-corrected chi connectivity index (χ4v) is 5.14. The van der Waals surface area contributed by atoms with Gasteiger partial charge in [0.1, 0.15) is 5.75 Å². The number of ether oxygens (including phenoxy) is 1. The number of likely N-dealkylation sites (tertiary alicyclic amines) is 1. The van der Waals surface area contributed by atoms with Crippen molar-refractivity contribution in [2.75, 3.05) is 26.2 Å². The molecule has 1 aliphatic heterocycles. The van der Waals surface area contributed by atoms with Gasteiger partial charge in [0.15, 0.2) is 0 Å². The Bertz CT molecular complexity index is 759. The molecular formula is C29H44ClNO2. The smallest absolute Gasteiger partial charge is 0.119 e. The molecule has 184 valence electrons. The summed E-state index contributed by atoms with van der Waals surface area (Å²) in [5.41, 5.74) is 1.36. The summed E-state index contributed by atoms with van der Waals surface area (Å²) < 4.78 is 5.68. The highest BCUT2D eigenvalue weighted by atomic mass is 35.5. The van der Waals surface area contributed by atoms with Gasteiger partial charge in [-0.05, 0) is 62.5 Å². The van der Waals surface area contributed by atoms with Gasteiger partial charge in [0, 0.05) is 12.5 Å². The minimum atomic E-state index is -0.897. The van der Waals surface area contributed by atoms with Gasteiger partial charge in [-0.3, -0.25) is 0 Å². The van der Waals surface area contributed by atoms with Crippen LogP contribution < -0.4 is 4.74 Å². The van der Waals surface area contributed by atoms with Crippen molar-refractivity contribution < 1.29 is 9.84 Å². The van der Waals surface area contributed by atoms with Crippen LogP contribution in [0.4, 0.5) is 0 Å². The molecule has 0 aliphatic carbocycles. The second kappa shape index (κ2) is 14.7. The van der Waals surface area contributed by atoms with Gasteiger partial charge >= 0.3 is 0 Å². The van der Waals surface area contributed by atoms with Crippen LogP contribution >= 0.6 is 12.4 Å². The molecule has 2 unspecified atom stereocenters. The first-order valence-corrected chi connectivity index (χ1v) is 12.9. The van der Waals surface area contributed by atoms with Crippen molar-refractivity contribution >= 4 is 12.4 Å². The Morgan fingerprint density at radius 1 is 0.879 bits per heavy atom. The molecule has 1 N–H and O–H groups in total. The van der Waals surface area contributed by atoms with Crippen molar-refractivity contribution in [3.63, 3.8) is 0 Å². The van der Waals surface area contributed by atoms with E-state index in [-0.39, 0.29) is 18.3 Å². The van der Waals surface area contributed by atoms with Gasteiger partial charge in [0.25, 0.3) is 0 Å². The van der Waals surface area contributed by atoms with Gasteiger partial charge in [0.2, 0.25) is 0 Å². The minimum Gasteiger partial charge on any atom is -0.494 e. The summed E-state index contributed by atoms with van der Waals surface area (Å²) >= 11 is 0. The van der Waals surface area contributed by atoms with Crippen LogP contribution in [0.25, 0.3) is 0 Å². The van der Waals surface area contributed by atoms with Crippen LogP contribution in [0.5, 0.6) is 5.75 Å². The standard InChI is InChI=1S/C29H43NO2.ClH/c1-3-5-6-12-21-29(31,26-17-19-27(20-18-26)32-4-2)28(25-15-10-9-11-16-25)24-30-22-13-7-8-14-23-30;/h9-11,15-20,28,31H,3-8,12-14,21-24H2,1-2H3;1H. The third-order valence-electron chi connectivity index (χ3n) is 6.99. The van der Waals surface area contributed by atoms with Gasteiger partial charge in [-0.2, -0.15) is 0 Å². The van der Waals surface area contributed by atoms with Gasteiger partial charge in [0.05, 0.1) is 12.2 Å². The zero-order chi connectivity index (χ0) is 22.7. The number of hydrogen-bond acceptors (Lipinski definition) is 3. The average Bonchev–Trinajstić information content (AvgIpc) is 3.10. The summed E-state index contributed by atoms with van der Waals surface area (Å²) in [6, 6.07) is 18.9. The van der Waals surface area contributed by atoms with E-state index in [4.69, 9.17) is 4.74 Å². The number of aliphatic hydroxyl groups is 1. The molecule has 3 nitrogen and oxygen atoms in total. The Kier molecular flexibility index (Phi) is 12.3. The van der Waals surface area contributed by atoms with Crippen LogP contribution in [0.15, 0.2) is 54.6 Å². The third-order valence-corrected chi connectivity index (χ3v) is 6.99. The lowest BCUT2D eigenvalue weighted by Gasteiger charge is -2.40. The number of rotatable bonds is 12. The van der Waals surface area contributed by atoms with Crippen molar-refractivity contribution in [1.29, 1.82) is 0 Å². The highest BCUT2D eigenvalue weighted by Gasteiger charge is 2.40. The predicted molar refractivity (Wildman–Crippen MR) is 142 cm³/mol. The van der Waals surface area contributed by atoms with E-state index in [0.717, 1.165) is 43.8 Å². The number of unbranched alkanes of at least 4 members (excludes halogenated alkanes) is 3. The maximum absolute atomic E-state index is 12.4. The zero-order valence-corrected chi connectivity index (χ0v) is 21.5. The molecule has 2 atom stereocenters. The molecule has 1 aliphatic rings. The van der Waals surface area contributed by atoms with Crippen molar-refractivity contribution in [1.82, 2.24) is 4.90 Å². The largest absolute Gasteiger partial charge is 0.494 e. The molecule has 2 aromatic rings. The first-order chi connectivity index (χ1) is 15.7. The zero-order valence-electron chi connectivity index (χ0n) is 20.7. The van der Waals surface area contributed by atoms with Crippen LogP contribution in [0.3, 0.4) is 0 Å². The number of halogens is 1. The second-order valence-electron chi connectivity index (χ2n) is 9.37. The molecule has 0 spiro atoms. The third kappa shape index (κ3) is 8.02. The van der Waals surface area contributed by atoms with E-state index in [2.05, 4.69) is 54.3 Å². The highest BCUT2D eigenvalue weighted by molar-refractivity contribution is 5.85. The summed E-state index contributed by atoms with van der Waals surface area (Å²) in [5.74, 6) is 0.912. The van der Waals surface area contributed by atoms with Gasteiger partial charge in [-0.15, -0.1) is 12.4 Å². The Labute approximate surface area is 208 Å². The SMILES string of the molecule is CCCCCCC(O)(c1ccc(OCC)cc1)C(CN1CCCCCC1)c1ccccc1.Cl. The van der Waals surface area contributed by atoms with E-state index < -0.39 is 5.60 Å². The van der Waals surface area contributed by atoms with E-state index in [9.17, 15) is 5.11 Å². The Hall–Kier alpha value is -1.55. The van der Waals surface area contributed by atoms with E-state index in [1.54, 1.807) is 0 Å². The Morgan fingerprint density at radius 3 is 2.15 bits per heavy atom. The molecule has 3 rings (SSSR count). The van der Waals surface area contributed by atoms with Crippen molar-refractivity contribution in [2.45, 2.75) is 83.2 Å². The van der Waals surface area contributed by atoms with Crippen molar-refractivity contribution in [3.8, 4) is 5.75 Å². The van der Waals surface area contributed by atoms with Gasteiger partial charge in [-0.1, -0.05) is 87.9 Å². The predicted octanol–water partition coefficient (Wildman–Crippen LogP) is 7.32. The summed E-state index contributed by atoms with van der Waals surface area (Å²) in [7, 11) is 0. The number of benzene rings is 2. The average molecular weight is 474 g/mol. The molecule has 0 aromatic heterocycles. The van der Waals surface area contributed by atoms with E-state index in [1.807, 2.05) is 19.1 Å². The van der Waals surface area contributed by atoms with Crippen LogP contribution in [0, 0.1) is 0 Å². The van der Waals surface area contributed by atoms with Gasteiger partial charge < -0.3 is 14.7 Å². The minimum absolute atomic E-state index is 0. The Balaban J connectivity index is 0.00000385. The quantitative estimate of drug-likeness (QED) is 0.327. The monoisotopic (exact) mass is 473 g/mol. The summed E-state index contributed by atoms with van der Waals surface area (Å²) in [6.45, 7) is 8.08. The maximum Gasteiger partial charge on any atom is 0.119 e. The first-order valence-electron chi connectivity index (χ1n) is 12.9. The molecule has 0 saturated carbocycles. The van der Waals surface area contributed by atoms with Crippen molar-refractivity contribution in [2.24, 2.45) is 0 Å². The molecule has 0 amide bonds. The molecule has 1 fully saturated rings. The lowest BCUT2D eigenvalue weighted by Crippen LogP contribution is -2.41. The number of hydrogen-bond donors (Lipinski definition) is 1. The summed E-state index contributed by atoms with van der Waals surface area (Å²) in [4.78, 5) is 2.59. The molecule has 2 aromatic carbocycles. The summed E-state index contributed by atoms with van der Waals surface area (Å²) in [5, 5.41) is 12.4. The molecule has 0 bridgehead atoms. The second-order valence-corrected chi connectivity index (χ2v) is 9.37. The normalized spacial score (nSPS) is 17.4. The fourth-order valence-electron chi connectivity index (χ4n) is 5.14. The molecular weight excluding hydrogens is 430 g/mol. The van der Waals surface area contributed by atoms with E-state index in [1.165, 1.54) is 50.5 Å². The van der Waals surface area contributed by atoms with E-state index in [0.29, 0.717) is 6.61 Å². The maximum atomic E-state index is 12.4. The van der Waals surface area contributed by atoms with Crippen LogP contribution in [0.1, 0.15) is 88.7 Å². The lowest BCUT2D eigenvalue weighted by atomic mass is 9.74. The first kappa shape index (κ1) is 27.7. The molecule has 1 saturated heterocycles. The van der Waals surface area contributed by atoms with Crippen LogP contribution in [0.2, 0.25) is 0 Å². The molecule has 0 radical (unpaired) electrons. The van der Waals surface area contributed by atoms with Crippen LogP contribution in [-0.2, 0) is 5.60 Å². The highest BCUT2D eigenvalue weighted by Crippen LogP contribution is 2.42. The van der Waals surface area contributed by atoms with Crippen molar-refractivity contribution in [3.05, 3.63) is 65.7 Å². The van der Waals surface area contributed by atoms with E-state index >= 15 is 0 Å². The topological polar surface area (TPSA) is 32.7 Å². The lowest BCUT2D eigenvalue weighted by molar-refractivity contribution is -0.0150. The molecule has 33 heavy (non-hydrogen) atoms.